The molecule has 0 radical (unpaired) electrons. The van der Waals surface area contributed by atoms with Gasteiger partial charge in [-0.2, -0.15) is 0 Å². The average Bonchev–Trinajstić information content (AvgIpc) is 2.66. The number of likely N-dealkylation sites (N-methyl/N-ethyl adjacent to an activating group) is 1. The first-order chi connectivity index (χ1) is 13.3. The Morgan fingerprint density at radius 3 is 2.52 bits per heavy atom. The summed E-state index contributed by atoms with van der Waals surface area (Å²) in [6, 6.07) is 8.57. The molecule has 5 heteroatoms. The number of hydrogen-bond donors (Lipinski definition) is 1. The summed E-state index contributed by atoms with van der Waals surface area (Å²) in [7, 11) is 4.64. The van der Waals surface area contributed by atoms with Crippen LogP contribution >= 0.6 is 0 Å². The molecule has 0 fully saturated rings. The molecule has 0 amide bonds. The van der Waals surface area contributed by atoms with Gasteiger partial charge in [0.1, 0.15) is 0 Å². The molecule has 134 valence electrons. The summed E-state index contributed by atoms with van der Waals surface area (Å²) >= 11 is 0. The fourth-order valence-electron chi connectivity index (χ4n) is 3.33. The molecule has 0 aromatic heterocycles. The topological polar surface area (TPSA) is 51.2 Å². The Kier molecular flexibility index (Phi) is 4.00. The highest BCUT2D eigenvalue weighted by atomic mass is 16.5. The maximum Gasteiger partial charge on any atom is 0.160 e. The molecule has 3 rings (SSSR count). The van der Waals surface area contributed by atoms with E-state index in [4.69, 9.17) is 18.3 Å². The number of nitrogens with zero attached hydrogens (tertiary/aromatic N) is 1. The SMILES string of the molecule is [2H]C([2H])([2H])N1CCc2cc(OC)c(O)cc2C1Cc1ccc(OC)c(OC)c1. The predicted octanol–water partition coefficient (Wildman–Crippen LogP) is 3.19. The van der Waals surface area contributed by atoms with Crippen molar-refractivity contribution in [3.05, 3.63) is 47.0 Å². The molecular formula is C20H25NO4. The number of fused-ring (bicyclic) bond motifs is 1. The van der Waals surface area contributed by atoms with Crippen molar-refractivity contribution >= 4 is 0 Å². The van der Waals surface area contributed by atoms with E-state index in [9.17, 15) is 5.11 Å². The second kappa shape index (κ2) is 7.23. The zero-order chi connectivity index (χ0) is 20.5. The van der Waals surface area contributed by atoms with Crippen molar-refractivity contribution < 1.29 is 23.4 Å². The fraction of sp³-hybridized carbons (Fsp3) is 0.400. The maximum absolute atomic E-state index is 10.3. The minimum Gasteiger partial charge on any atom is -0.504 e. The Morgan fingerprint density at radius 2 is 1.84 bits per heavy atom. The standard InChI is InChI=1S/C20H25NO4/c1-21-8-7-14-11-19(24-3)17(22)12-15(14)16(21)9-13-5-6-18(23-2)20(10-13)25-4/h5-6,10-12,16,22H,7-9H2,1-4H3/i1D3. The zero-order valence-electron chi connectivity index (χ0n) is 17.7. The Hall–Kier alpha value is -2.40. The van der Waals surface area contributed by atoms with E-state index in [1.807, 2.05) is 18.2 Å². The van der Waals surface area contributed by atoms with E-state index in [-0.39, 0.29) is 5.75 Å². The number of hydrogen-bond acceptors (Lipinski definition) is 5. The van der Waals surface area contributed by atoms with Crippen LogP contribution in [0.2, 0.25) is 0 Å². The van der Waals surface area contributed by atoms with E-state index >= 15 is 0 Å². The van der Waals surface area contributed by atoms with Gasteiger partial charge >= 0.3 is 0 Å². The van der Waals surface area contributed by atoms with E-state index in [2.05, 4.69) is 0 Å². The molecule has 1 N–H and O–H groups in total. The molecule has 25 heavy (non-hydrogen) atoms. The molecule has 5 nitrogen and oxygen atoms in total. The normalized spacial score (nSPS) is 19.3. The smallest absolute Gasteiger partial charge is 0.160 e. The van der Waals surface area contributed by atoms with Crippen molar-refractivity contribution in [1.29, 1.82) is 0 Å². The van der Waals surface area contributed by atoms with Crippen LogP contribution in [0.15, 0.2) is 30.3 Å². The molecule has 1 aliphatic heterocycles. The Labute approximate surface area is 153 Å². The molecule has 0 bridgehead atoms. The third-order valence-corrected chi connectivity index (χ3v) is 4.67. The number of aromatic hydroxyl groups is 1. The van der Waals surface area contributed by atoms with Crippen LogP contribution in [0.5, 0.6) is 23.0 Å². The van der Waals surface area contributed by atoms with E-state index in [0.29, 0.717) is 36.6 Å². The second-order valence-corrected chi connectivity index (χ2v) is 6.08. The molecule has 1 unspecified atom stereocenters. The molecule has 2 aromatic carbocycles. The van der Waals surface area contributed by atoms with Crippen LogP contribution < -0.4 is 14.2 Å². The van der Waals surface area contributed by atoms with Gasteiger partial charge in [-0.05, 0) is 60.8 Å². The lowest BCUT2D eigenvalue weighted by atomic mass is 9.88. The Bertz CT molecular complexity index is 854. The Morgan fingerprint density at radius 1 is 1.08 bits per heavy atom. The summed E-state index contributed by atoms with van der Waals surface area (Å²) in [5.41, 5.74) is 2.70. The van der Waals surface area contributed by atoms with Gasteiger partial charge in [0, 0.05) is 16.7 Å². The molecule has 0 aliphatic carbocycles. The van der Waals surface area contributed by atoms with Gasteiger partial charge < -0.3 is 19.3 Å². The van der Waals surface area contributed by atoms with Gasteiger partial charge in [-0.15, -0.1) is 0 Å². The summed E-state index contributed by atoms with van der Waals surface area (Å²) in [4.78, 5) is 1.51. The third kappa shape index (κ3) is 3.37. The number of phenols is 1. The van der Waals surface area contributed by atoms with Crippen molar-refractivity contribution in [2.24, 2.45) is 0 Å². The monoisotopic (exact) mass is 346 g/mol. The molecule has 1 heterocycles. The van der Waals surface area contributed by atoms with Crippen LogP contribution in [0.4, 0.5) is 0 Å². The molecule has 0 saturated heterocycles. The first kappa shape index (κ1) is 13.8. The molecule has 2 aromatic rings. The van der Waals surface area contributed by atoms with Crippen molar-refractivity contribution in [2.45, 2.75) is 18.9 Å². The fourth-order valence-corrected chi connectivity index (χ4v) is 3.33. The van der Waals surface area contributed by atoms with Crippen LogP contribution in [-0.2, 0) is 12.8 Å². The first-order valence-corrected chi connectivity index (χ1v) is 8.16. The number of phenolic OH excluding ortho intramolecular Hbond substituents is 1. The first-order valence-electron chi connectivity index (χ1n) is 9.66. The summed E-state index contributed by atoms with van der Waals surface area (Å²) in [5, 5.41) is 10.3. The highest BCUT2D eigenvalue weighted by molar-refractivity contribution is 5.49. The van der Waals surface area contributed by atoms with E-state index < -0.39 is 13.0 Å². The minimum absolute atomic E-state index is 0.00551. The van der Waals surface area contributed by atoms with E-state index in [1.165, 1.54) is 12.0 Å². The van der Waals surface area contributed by atoms with Crippen LogP contribution in [0.1, 0.15) is 26.8 Å². The molecule has 1 atom stereocenters. The van der Waals surface area contributed by atoms with Gasteiger partial charge in [0.25, 0.3) is 0 Å². The Balaban J connectivity index is 2.04. The summed E-state index contributed by atoms with van der Waals surface area (Å²) in [5.74, 6) is 1.61. The number of rotatable bonds is 5. The average molecular weight is 346 g/mol. The number of methoxy groups -OCH3 is 3. The molecular weight excluding hydrogens is 318 g/mol. The molecule has 0 saturated carbocycles. The lowest BCUT2D eigenvalue weighted by molar-refractivity contribution is 0.228. The van der Waals surface area contributed by atoms with Crippen LogP contribution in [0.3, 0.4) is 0 Å². The minimum atomic E-state index is -2.24. The van der Waals surface area contributed by atoms with E-state index in [1.54, 1.807) is 26.4 Å². The second-order valence-electron chi connectivity index (χ2n) is 6.08. The van der Waals surface area contributed by atoms with Crippen molar-refractivity contribution in [3.8, 4) is 23.0 Å². The van der Waals surface area contributed by atoms with Gasteiger partial charge in [-0.1, -0.05) is 6.07 Å². The zero-order valence-corrected chi connectivity index (χ0v) is 14.7. The largest absolute Gasteiger partial charge is 0.504 e. The lowest BCUT2D eigenvalue weighted by Gasteiger charge is -2.35. The number of benzene rings is 2. The van der Waals surface area contributed by atoms with Gasteiger partial charge in [0.15, 0.2) is 23.0 Å². The lowest BCUT2D eigenvalue weighted by Crippen LogP contribution is -2.33. The van der Waals surface area contributed by atoms with Crippen LogP contribution in [0.25, 0.3) is 0 Å². The highest BCUT2D eigenvalue weighted by Crippen LogP contribution is 2.39. The van der Waals surface area contributed by atoms with Gasteiger partial charge in [-0.25, -0.2) is 0 Å². The highest BCUT2D eigenvalue weighted by Gasteiger charge is 2.27. The van der Waals surface area contributed by atoms with Crippen LogP contribution in [-0.4, -0.2) is 44.9 Å². The van der Waals surface area contributed by atoms with Crippen molar-refractivity contribution in [1.82, 2.24) is 4.90 Å². The quantitative estimate of drug-likeness (QED) is 0.901. The molecule has 1 aliphatic rings. The maximum atomic E-state index is 10.3. The summed E-state index contributed by atoms with van der Waals surface area (Å²) in [6.07, 6.45) is 1.03. The summed E-state index contributed by atoms with van der Waals surface area (Å²) < 4.78 is 39.8. The van der Waals surface area contributed by atoms with Gasteiger partial charge in [-0.3, -0.25) is 4.90 Å². The summed E-state index contributed by atoms with van der Waals surface area (Å²) in [6.45, 7) is -1.84. The molecule has 0 spiro atoms. The van der Waals surface area contributed by atoms with Gasteiger partial charge in [0.05, 0.1) is 21.3 Å². The number of ether oxygens (including phenoxy) is 3. The van der Waals surface area contributed by atoms with Gasteiger partial charge in [0.2, 0.25) is 0 Å². The van der Waals surface area contributed by atoms with Crippen molar-refractivity contribution in [2.75, 3.05) is 34.8 Å². The van der Waals surface area contributed by atoms with Crippen molar-refractivity contribution in [3.63, 3.8) is 0 Å². The predicted molar refractivity (Wildman–Crippen MR) is 97.0 cm³/mol. The van der Waals surface area contributed by atoms with Crippen LogP contribution in [0, 0.1) is 0 Å². The van der Waals surface area contributed by atoms with E-state index in [0.717, 1.165) is 16.7 Å². The third-order valence-electron chi connectivity index (χ3n) is 4.67.